The molecule has 0 aromatic heterocycles. The van der Waals surface area contributed by atoms with Gasteiger partial charge >= 0.3 is 0 Å². The second-order valence-electron chi connectivity index (χ2n) is 4.95. The summed E-state index contributed by atoms with van der Waals surface area (Å²) in [5, 5.41) is 0. The summed E-state index contributed by atoms with van der Waals surface area (Å²) in [6, 6.07) is 6.37. The molecular weight excluding hydrogens is 309 g/mol. The van der Waals surface area contributed by atoms with Crippen molar-refractivity contribution >= 4 is 40.3 Å². The molecule has 2 aliphatic heterocycles. The fourth-order valence-electron chi connectivity index (χ4n) is 2.38. The van der Waals surface area contributed by atoms with Gasteiger partial charge in [-0.3, -0.25) is 9.69 Å². The number of nitrogens with zero attached hydrogens (tertiary/aromatic N) is 1. The highest BCUT2D eigenvalue weighted by Gasteiger charge is 2.34. The van der Waals surface area contributed by atoms with Gasteiger partial charge in [0.15, 0.2) is 0 Å². The summed E-state index contributed by atoms with van der Waals surface area (Å²) >= 11 is 6.47. The van der Waals surface area contributed by atoms with Crippen molar-refractivity contribution in [2.24, 2.45) is 0 Å². The van der Waals surface area contributed by atoms with Crippen molar-refractivity contribution in [1.82, 2.24) is 4.90 Å². The third kappa shape index (κ3) is 3.17. The minimum atomic E-state index is -0.345. The van der Waals surface area contributed by atoms with Crippen molar-refractivity contribution < 1.29 is 13.9 Å². The minimum absolute atomic E-state index is 0.0558. The van der Waals surface area contributed by atoms with Crippen LogP contribution < -0.4 is 0 Å². The van der Waals surface area contributed by atoms with E-state index >= 15 is 0 Å². The number of hydrogen-bond acceptors (Lipinski definition) is 4. The van der Waals surface area contributed by atoms with E-state index in [2.05, 4.69) is 0 Å². The fourth-order valence-corrected chi connectivity index (χ4v) is 3.65. The van der Waals surface area contributed by atoms with Crippen molar-refractivity contribution in [3.05, 3.63) is 40.6 Å². The molecule has 0 saturated carbocycles. The van der Waals surface area contributed by atoms with Crippen LogP contribution in [0, 0.1) is 5.82 Å². The zero-order chi connectivity index (χ0) is 14.8. The summed E-state index contributed by atoms with van der Waals surface area (Å²) in [7, 11) is 0. The molecule has 1 aromatic rings. The third-order valence-electron chi connectivity index (χ3n) is 3.48. The Balaban J connectivity index is 1.78. The molecule has 3 rings (SSSR count). The first-order chi connectivity index (χ1) is 10.1. The maximum atomic E-state index is 13.7. The van der Waals surface area contributed by atoms with Gasteiger partial charge in [0, 0.05) is 12.2 Å². The number of carbonyl (C=O) groups excluding carboxylic acids is 1. The van der Waals surface area contributed by atoms with E-state index in [9.17, 15) is 9.18 Å². The molecule has 1 unspecified atom stereocenters. The number of hydrogen-bond donors (Lipinski definition) is 0. The Morgan fingerprint density at radius 3 is 3.00 bits per heavy atom. The molecule has 2 heterocycles. The second kappa shape index (κ2) is 6.25. The van der Waals surface area contributed by atoms with Gasteiger partial charge in [0.2, 0.25) is 0 Å². The number of ether oxygens (including phenoxy) is 1. The second-order valence-corrected chi connectivity index (χ2v) is 6.62. The molecule has 6 heteroatoms. The maximum absolute atomic E-state index is 13.7. The van der Waals surface area contributed by atoms with Crippen LogP contribution in [0.25, 0.3) is 6.08 Å². The van der Waals surface area contributed by atoms with E-state index in [1.807, 2.05) is 0 Å². The van der Waals surface area contributed by atoms with Gasteiger partial charge < -0.3 is 4.74 Å². The van der Waals surface area contributed by atoms with Crippen LogP contribution in [0.4, 0.5) is 4.39 Å². The van der Waals surface area contributed by atoms with E-state index in [1.54, 1.807) is 29.2 Å². The van der Waals surface area contributed by atoms with E-state index in [-0.39, 0.29) is 17.8 Å². The predicted molar refractivity (Wildman–Crippen MR) is 85.3 cm³/mol. The van der Waals surface area contributed by atoms with Gasteiger partial charge in [-0.25, -0.2) is 4.39 Å². The van der Waals surface area contributed by atoms with E-state index < -0.39 is 0 Å². The van der Waals surface area contributed by atoms with Crippen molar-refractivity contribution in [2.45, 2.75) is 18.9 Å². The van der Waals surface area contributed by atoms with E-state index in [4.69, 9.17) is 17.0 Å². The fraction of sp³-hybridized carbons (Fsp3) is 0.333. The predicted octanol–water partition coefficient (Wildman–Crippen LogP) is 3.21. The first kappa shape index (κ1) is 14.7. The standard InChI is InChI=1S/C15H14FNO2S2/c16-12-6-2-1-4-10(12)8-13-14(18)17(15(20)21-13)9-11-5-3-7-19-11/h1-2,4,6,8,11H,3,5,7,9H2/b13-8-. The van der Waals surface area contributed by atoms with Crippen LogP contribution in [-0.4, -0.2) is 34.4 Å². The Labute approximate surface area is 132 Å². The molecule has 110 valence electrons. The van der Waals surface area contributed by atoms with Crippen molar-refractivity contribution in [2.75, 3.05) is 13.2 Å². The number of thioether (sulfide) groups is 1. The molecule has 2 fully saturated rings. The third-order valence-corrected chi connectivity index (χ3v) is 4.85. The van der Waals surface area contributed by atoms with Gasteiger partial charge in [-0.2, -0.15) is 0 Å². The summed E-state index contributed by atoms with van der Waals surface area (Å²) in [6.07, 6.45) is 3.58. The molecule has 1 atom stereocenters. The summed E-state index contributed by atoms with van der Waals surface area (Å²) in [4.78, 5) is 14.4. The molecule has 2 saturated heterocycles. The number of carbonyl (C=O) groups is 1. The highest BCUT2D eigenvalue weighted by atomic mass is 32.2. The quantitative estimate of drug-likeness (QED) is 0.631. The normalized spacial score (nSPS) is 24.3. The lowest BCUT2D eigenvalue weighted by molar-refractivity contribution is -0.123. The summed E-state index contributed by atoms with van der Waals surface area (Å²) in [5.41, 5.74) is 0.398. The number of thiocarbonyl (C=S) groups is 1. The van der Waals surface area contributed by atoms with Crippen LogP contribution in [0.5, 0.6) is 0 Å². The lowest BCUT2D eigenvalue weighted by atomic mass is 10.2. The molecule has 0 radical (unpaired) electrons. The number of rotatable bonds is 3. The smallest absolute Gasteiger partial charge is 0.266 e. The lowest BCUT2D eigenvalue weighted by Gasteiger charge is -2.18. The average molecular weight is 323 g/mol. The molecule has 21 heavy (non-hydrogen) atoms. The van der Waals surface area contributed by atoms with Gasteiger partial charge in [-0.15, -0.1) is 0 Å². The van der Waals surface area contributed by atoms with Crippen LogP contribution in [0.1, 0.15) is 18.4 Å². The van der Waals surface area contributed by atoms with Crippen molar-refractivity contribution in [3.8, 4) is 0 Å². The van der Waals surface area contributed by atoms with E-state index in [0.29, 0.717) is 21.3 Å². The van der Waals surface area contributed by atoms with Gasteiger partial charge in [-0.1, -0.05) is 42.2 Å². The van der Waals surface area contributed by atoms with Gasteiger partial charge in [0.25, 0.3) is 5.91 Å². The lowest BCUT2D eigenvalue weighted by Crippen LogP contribution is -2.35. The van der Waals surface area contributed by atoms with Crippen LogP contribution in [-0.2, 0) is 9.53 Å². The Morgan fingerprint density at radius 1 is 1.48 bits per heavy atom. The van der Waals surface area contributed by atoms with Crippen LogP contribution in [0.15, 0.2) is 29.2 Å². The summed E-state index contributed by atoms with van der Waals surface area (Å²) in [5.74, 6) is -0.509. The molecule has 1 amide bonds. The largest absolute Gasteiger partial charge is 0.376 e. The monoisotopic (exact) mass is 323 g/mol. The Bertz CT molecular complexity index is 611. The first-order valence-corrected chi connectivity index (χ1v) is 7.99. The topological polar surface area (TPSA) is 29.5 Å². The summed E-state index contributed by atoms with van der Waals surface area (Å²) < 4.78 is 19.7. The van der Waals surface area contributed by atoms with E-state index in [1.165, 1.54) is 17.8 Å². The zero-order valence-corrected chi connectivity index (χ0v) is 12.9. The minimum Gasteiger partial charge on any atom is -0.376 e. The van der Waals surface area contributed by atoms with Crippen LogP contribution in [0.2, 0.25) is 0 Å². The highest BCUT2D eigenvalue weighted by molar-refractivity contribution is 8.26. The molecule has 3 nitrogen and oxygen atoms in total. The van der Waals surface area contributed by atoms with Gasteiger partial charge in [0.05, 0.1) is 17.6 Å². The summed E-state index contributed by atoms with van der Waals surface area (Å²) in [6.45, 7) is 1.23. The van der Waals surface area contributed by atoms with Crippen LogP contribution in [0.3, 0.4) is 0 Å². The average Bonchev–Trinajstić information content (AvgIpc) is 3.06. The van der Waals surface area contributed by atoms with Crippen LogP contribution >= 0.6 is 24.0 Å². The Kier molecular flexibility index (Phi) is 4.37. The molecular formula is C15H14FNO2S2. The molecule has 1 aromatic carbocycles. The van der Waals surface area contributed by atoms with Gasteiger partial charge in [0.1, 0.15) is 10.1 Å². The molecule has 2 aliphatic rings. The number of benzene rings is 1. The Hall–Kier alpha value is -1.24. The first-order valence-electron chi connectivity index (χ1n) is 6.76. The highest BCUT2D eigenvalue weighted by Crippen LogP contribution is 2.33. The Morgan fingerprint density at radius 2 is 2.29 bits per heavy atom. The SMILES string of the molecule is O=C1/C(=C/c2ccccc2F)SC(=S)N1CC1CCCO1. The molecule has 0 spiro atoms. The molecule has 0 bridgehead atoms. The number of amides is 1. The van der Waals surface area contributed by atoms with Crippen molar-refractivity contribution in [1.29, 1.82) is 0 Å². The number of halogens is 1. The van der Waals surface area contributed by atoms with E-state index in [0.717, 1.165) is 19.4 Å². The maximum Gasteiger partial charge on any atom is 0.266 e. The molecule has 0 N–H and O–H groups in total. The molecule has 0 aliphatic carbocycles. The van der Waals surface area contributed by atoms with Crippen molar-refractivity contribution in [3.63, 3.8) is 0 Å². The van der Waals surface area contributed by atoms with Gasteiger partial charge in [-0.05, 0) is 25.0 Å². The zero-order valence-electron chi connectivity index (χ0n) is 11.3.